The van der Waals surface area contributed by atoms with Gasteiger partial charge in [-0.25, -0.2) is 9.97 Å². The summed E-state index contributed by atoms with van der Waals surface area (Å²) in [6.45, 7) is 0. The highest BCUT2D eigenvalue weighted by molar-refractivity contribution is 7.80. The Hall–Kier alpha value is -1.56. The predicted molar refractivity (Wildman–Crippen MR) is 73.0 cm³/mol. The van der Waals surface area contributed by atoms with Crippen molar-refractivity contribution in [3.8, 4) is 0 Å². The van der Waals surface area contributed by atoms with Crippen LogP contribution in [0.1, 0.15) is 32.1 Å². The summed E-state index contributed by atoms with van der Waals surface area (Å²) in [5.41, 5.74) is 5.06. The second kappa shape index (κ2) is 5.39. The molecule has 1 heterocycles. The van der Waals surface area contributed by atoms with Crippen LogP contribution in [0.4, 0.5) is 5.95 Å². The average Bonchev–Trinajstić information content (AvgIpc) is 2.40. The van der Waals surface area contributed by atoms with Crippen LogP contribution in [-0.4, -0.2) is 20.9 Å². The molecule has 0 atom stereocenters. The van der Waals surface area contributed by atoms with Gasteiger partial charge in [0, 0.05) is 12.4 Å². The summed E-state index contributed by atoms with van der Waals surface area (Å²) >= 11 is 5.10. The topological polar surface area (TPSA) is 80.9 Å². The molecule has 1 amide bonds. The van der Waals surface area contributed by atoms with E-state index in [4.69, 9.17) is 18.0 Å². The van der Waals surface area contributed by atoms with Crippen molar-refractivity contribution in [1.29, 1.82) is 0 Å². The number of amides is 1. The molecule has 3 N–H and O–H groups in total. The van der Waals surface area contributed by atoms with Crippen molar-refractivity contribution >= 4 is 29.1 Å². The van der Waals surface area contributed by atoms with Gasteiger partial charge in [0.1, 0.15) is 0 Å². The molecule has 0 radical (unpaired) electrons. The number of rotatable bonds is 3. The minimum atomic E-state index is -0.729. The first kappa shape index (κ1) is 12.9. The Balaban J connectivity index is 2.16. The van der Waals surface area contributed by atoms with Crippen LogP contribution < -0.4 is 11.1 Å². The minimum absolute atomic E-state index is 0.180. The van der Waals surface area contributed by atoms with Crippen molar-refractivity contribution in [3.63, 3.8) is 0 Å². The molecule has 6 heteroatoms. The lowest BCUT2D eigenvalue weighted by Crippen LogP contribution is -2.47. The van der Waals surface area contributed by atoms with Crippen LogP contribution in [0.3, 0.4) is 0 Å². The van der Waals surface area contributed by atoms with Crippen LogP contribution in [-0.2, 0) is 4.79 Å². The zero-order valence-corrected chi connectivity index (χ0v) is 10.9. The highest BCUT2D eigenvalue weighted by atomic mass is 32.1. The maximum Gasteiger partial charge on any atom is 0.239 e. The van der Waals surface area contributed by atoms with Gasteiger partial charge in [0.15, 0.2) is 0 Å². The fraction of sp³-hybridized carbons (Fsp3) is 0.500. The van der Waals surface area contributed by atoms with Crippen molar-refractivity contribution in [2.75, 3.05) is 5.32 Å². The number of carbonyl (C=O) groups is 1. The van der Waals surface area contributed by atoms with E-state index in [0.717, 1.165) is 19.3 Å². The molecule has 0 saturated heterocycles. The monoisotopic (exact) mass is 264 g/mol. The highest BCUT2D eigenvalue weighted by Crippen LogP contribution is 2.37. The summed E-state index contributed by atoms with van der Waals surface area (Å²) < 4.78 is 0. The van der Waals surface area contributed by atoms with Crippen molar-refractivity contribution in [2.24, 2.45) is 11.1 Å². The Morgan fingerprint density at radius 1 is 1.28 bits per heavy atom. The molecule has 0 spiro atoms. The highest BCUT2D eigenvalue weighted by Gasteiger charge is 2.42. The molecule has 18 heavy (non-hydrogen) atoms. The van der Waals surface area contributed by atoms with Crippen LogP contribution in [0.5, 0.6) is 0 Å². The summed E-state index contributed by atoms with van der Waals surface area (Å²) in [5, 5.41) is 2.71. The number of aromatic nitrogens is 2. The van der Waals surface area contributed by atoms with E-state index in [0.29, 0.717) is 18.8 Å². The minimum Gasteiger partial charge on any atom is -0.392 e. The molecule has 1 aromatic rings. The van der Waals surface area contributed by atoms with Crippen molar-refractivity contribution in [1.82, 2.24) is 9.97 Å². The normalized spacial score (nSPS) is 18.0. The van der Waals surface area contributed by atoms with E-state index in [-0.39, 0.29) is 10.9 Å². The average molecular weight is 264 g/mol. The first-order valence-electron chi connectivity index (χ1n) is 6.03. The molecule has 5 nitrogen and oxygen atoms in total. The molecular formula is C12H16N4OS. The van der Waals surface area contributed by atoms with E-state index >= 15 is 0 Å². The lowest BCUT2D eigenvalue weighted by molar-refractivity contribution is -0.123. The number of anilines is 1. The number of nitrogens with one attached hydrogen (secondary N) is 1. The van der Waals surface area contributed by atoms with E-state index in [1.54, 1.807) is 18.5 Å². The number of nitrogens with two attached hydrogens (primary N) is 1. The molecular weight excluding hydrogens is 248 g/mol. The Bertz CT molecular complexity index is 443. The summed E-state index contributed by atoms with van der Waals surface area (Å²) in [5.74, 6) is 0.115. The third kappa shape index (κ3) is 2.48. The Morgan fingerprint density at radius 2 is 1.89 bits per heavy atom. The van der Waals surface area contributed by atoms with Gasteiger partial charge in [-0.05, 0) is 18.9 Å². The summed E-state index contributed by atoms with van der Waals surface area (Å²) in [6, 6.07) is 1.69. The Kier molecular flexibility index (Phi) is 3.86. The molecule has 96 valence electrons. The fourth-order valence-corrected chi connectivity index (χ4v) is 2.62. The number of hydrogen-bond donors (Lipinski definition) is 2. The Labute approximate surface area is 111 Å². The second-order valence-corrected chi connectivity index (χ2v) is 4.97. The van der Waals surface area contributed by atoms with Gasteiger partial charge in [-0.3, -0.25) is 10.1 Å². The quantitative estimate of drug-likeness (QED) is 0.811. The lowest BCUT2D eigenvalue weighted by atomic mass is 9.73. The molecule has 1 fully saturated rings. The van der Waals surface area contributed by atoms with Crippen molar-refractivity contribution in [2.45, 2.75) is 32.1 Å². The second-order valence-electron chi connectivity index (χ2n) is 4.53. The van der Waals surface area contributed by atoms with Crippen molar-refractivity contribution in [3.05, 3.63) is 18.5 Å². The molecule has 0 aromatic carbocycles. The van der Waals surface area contributed by atoms with Crippen LogP contribution in [0.2, 0.25) is 0 Å². The van der Waals surface area contributed by atoms with Crippen molar-refractivity contribution < 1.29 is 4.79 Å². The molecule has 1 saturated carbocycles. The molecule has 0 aliphatic heterocycles. The molecule has 0 bridgehead atoms. The molecule has 2 rings (SSSR count). The van der Waals surface area contributed by atoms with E-state index in [2.05, 4.69) is 15.3 Å². The van der Waals surface area contributed by atoms with Gasteiger partial charge >= 0.3 is 0 Å². The number of nitrogens with zero attached hydrogens (tertiary/aromatic N) is 2. The van der Waals surface area contributed by atoms with E-state index < -0.39 is 5.41 Å². The smallest absolute Gasteiger partial charge is 0.239 e. The van der Waals surface area contributed by atoms with Gasteiger partial charge < -0.3 is 5.73 Å². The number of hydrogen-bond acceptors (Lipinski definition) is 4. The third-order valence-electron chi connectivity index (χ3n) is 3.40. The Morgan fingerprint density at radius 3 is 2.44 bits per heavy atom. The van der Waals surface area contributed by atoms with Gasteiger partial charge in [0.05, 0.1) is 10.4 Å². The number of carbonyl (C=O) groups excluding carboxylic acids is 1. The van der Waals surface area contributed by atoms with Crippen LogP contribution in [0.25, 0.3) is 0 Å². The molecule has 1 aliphatic rings. The third-order valence-corrected chi connectivity index (χ3v) is 3.80. The standard InChI is InChI=1S/C12H16N4OS/c13-9(18)12(5-2-1-3-6-12)10(17)16-11-14-7-4-8-15-11/h4,7-8H,1-3,5-6H2,(H2,13,18)(H,14,15,16,17). The van der Waals surface area contributed by atoms with Gasteiger partial charge in [-0.1, -0.05) is 31.5 Å². The first-order valence-corrected chi connectivity index (χ1v) is 6.44. The van der Waals surface area contributed by atoms with E-state index in [9.17, 15) is 4.79 Å². The van der Waals surface area contributed by atoms with Gasteiger partial charge in [-0.2, -0.15) is 0 Å². The largest absolute Gasteiger partial charge is 0.392 e. The van der Waals surface area contributed by atoms with Gasteiger partial charge in [-0.15, -0.1) is 0 Å². The summed E-state index contributed by atoms with van der Waals surface area (Å²) in [7, 11) is 0. The molecule has 1 aromatic heterocycles. The van der Waals surface area contributed by atoms with Gasteiger partial charge in [0.25, 0.3) is 0 Å². The molecule has 1 aliphatic carbocycles. The van der Waals surface area contributed by atoms with E-state index in [1.807, 2.05) is 0 Å². The van der Waals surface area contributed by atoms with Gasteiger partial charge in [0.2, 0.25) is 11.9 Å². The van der Waals surface area contributed by atoms with Crippen LogP contribution >= 0.6 is 12.2 Å². The number of thiocarbonyl (C=S) groups is 1. The zero-order valence-electron chi connectivity index (χ0n) is 10.1. The van der Waals surface area contributed by atoms with Crippen LogP contribution in [0.15, 0.2) is 18.5 Å². The van der Waals surface area contributed by atoms with Crippen LogP contribution in [0, 0.1) is 5.41 Å². The SMILES string of the molecule is NC(=S)C1(C(=O)Nc2ncccn2)CCCCC1. The maximum absolute atomic E-state index is 12.4. The summed E-state index contributed by atoms with van der Waals surface area (Å²) in [6.07, 6.45) is 7.65. The summed E-state index contributed by atoms with van der Waals surface area (Å²) in [4.78, 5) is 20.6. The molecule has 0 unspecified atom stereocenters. The zero-order chi connectivity index (χ0) is 13.0. The maximum atomic E-state index is 12.4. The lowest BCUT2D eigenvalue weighted by Gasteiger charge is -2.34. The fourth-order valence-electron chi connectivity index (χ4n) is 2.33. The van der Waals surface area contributed by atoms with E-state index in [1.165, 1.54) is 0 Å². The first-order chi connectivity index (χ1) is 8.65. The predicted octanol–water partition coefficient (Wildman–Crippen LogP) is 1.65.